The minimum Gasteiger partial charge on any atom is -0.352 e. The summed E-state index contributed by atoms with van der Waals surface area (Å²) in [6, 6.07) is 16.0. The van der Waals surface area contributed by atoms with E-state index in [2.05, 4.69) is 29.4 Å². The van der Waals surface area contributed by atoms with Crippen molar-refractivity contribution in [3.63, 3.8) is 0 Å². The predicted octanol–water partition coefficient (Wildman–Crippen LogP) is 3.57. The third-order valence-corrected chi connectivity index (χ3v) is 3.92. The molecule has 1 aliphatic heterocycles. The number of unbranched alkanes of at least 4 members (excludes halogenated alkanes) is 1. The summed E-state index contributed by atoms with van der Waals surface area (Å²) in [5.41, 5.74) is 5.25. The molecule has 0 spiro atoms. The molecule has 3 heteroatoms. The highest BCUT2D eigenvalue weighted by atomic mass is 16.1. The Morgan fingerprint density at radius 1 is 1.14 bits per heavy atom. The predicted molar refractivity (Wildman–Crippen MR) is 89.5 cm³/mol. The number of fused-ring (bicyclic) bond motifs is 1. The Hall–Kier alpha value is -2.42. The van der Waals surface area contributed by atoms with Crippen LogP contribution in [0.15, 0.2) is 53.5 Å². The van der Waals surface area contributed by atoms with Crippen LogP contribution in [0.4, 0.5) is 0 Å². The largest absolute Gasteiger partial charge is 0.352 e. The second kappa shape index (κ2) is 6.56. The van der Waals surface area contributed by atoms with Crippen molar-refractivity contribution in [2.75, 3.05) is 6.54 Å². The normalized spacial score (nSPS) is 12.7. The van der Waals surface area contributed by atoms with Crippen molar-refractivity contribution in [3.8, 4) is 0 Å². The van der Waals surface area contributed by atoms with Gasteiger partial charge in [-0.1, -0.05) is 49.7 Å². The van der Waals surface area contributed by atoms with E-state index >= 15 is 0 Å². The van der Waals surface area contributed by atoms with Crippen LogP contribution >= 0.6 is 0 Å². The van der Waals surface area contributed by atoms with Crippen molar-refractivity contribution in [2.45, 2.75) is 26.3 Å². The number of nitrogens with zero attached hydrogens (tertiary/aromatic N) is 1. The molecule has 112 valence electrons. The molecule has 0 aliphatic carbocycles. The number of aliphatic imine (C=N–C) groups is 1. The maximum absolute atomic E-state index is 12.0. The van der Waals surface area contributed by atoms with E-state index in [-0.39, 0.29) is 5.91 Å². The minimum atomic E-state index is -0.00578. The minimum absolute atomic E-state index is 0.00578. The SMILES string of the molecule is CCCCNC(=O)c1ccc(C2=NCc3ccccc32)cc1. The molecule has 0 saturated heterocycles. The molecule has 1 heterocycles. The first-order valence-electron chi connectivity index (χ1n) is 7.81. The van der Waals surface area contributed by atoms with Gasteiger partial charge in [0.15, 0.2) is 0 Å². The molecule has 0 atom stereocenters. The summed E-state index contributed by atoms with van der Waals surface area (Å²) in [4.78, 5) is 16.6. The molecule has 0 bridgehead atoms. The van der Waals surface area contributed by atoms with Gasteiger partial charge < -0.3 is 5.32 Å². The summed E-state index contributed by atoms with van der Waals surface area (Å²) >= 11 is 0. The summed E-state index contributed by atoms with van der Waals surface area (Å²) in [6.07, 6.45) is 2.09. The van der Waals surface area contributed by atoms with Gasteiger partial charge in [0.1, 0.15) is 0 Å². The average Bonchev–Trinajstić information content (AvgIpc) is 2.99. The van der Waals surface area contributed by atoms with Crippen molar-refractivity contribution in [1.82, 2.24) is 5.32 Å². The molecule has 1 amide bonds. The van der Waals surface area contributed by atoms with Gasteiger partial charge in [-0.2, -0.15) is 0 Å². The van der Waals surface area contributed by atoms with E-state index in [0.29, 0.717) is 5.56 Å². The molecule has 22 heavy (non-hydrogen) atoms. The van der Waals surface area contributed by atoms with E-state index in [1.807, 2.05) is 36.4 Å². The molecule has 1 aliphatic rings. The van der Waals surface area contributed by atoms with Gasteiger partial charge in [-0.3, -0.25) is 9.79 Å². The average molecular weight is 292 g/mol. The van der Waals surface area contributed by atoms with E-state index in [4.69, 9.17) is 0 Å². The van der Waals surface area contributed by atoms with Gasteiger partial charge in [-0.15, -0.1) is 0 Å². The number of amides is 1. The van der Waals surface area contributed by atoms with Crippen molar-refractivity contribution < 1.29 is 4.79 Å². The fourth-order valence-corrected chi connectivity index (χ4v) is 2.65. The van der Waals surface area contributed by atoms with Crippen LogP contribution in [0.2, 0.25) is 0 Å². The second-order valence-electron chi connectivity index (χ2n) is 5.51. The Balaban J connectivity index is 1.74. The summed E-state index contributed by atoms with van der Waals surface area (Å²) in [5, 5.41) is 2.94. The summed E-state index contributed by atoms with van der Waals surface area (Å²) in [7, 11) is 0. The van der Waals surface area contributed by atoms with E-state index in [1.54, 1.807) is 0 Å². The number of hydrogen-bond acceptors (Lipinski definition) is 2. The molecule has 0 saturated carbocycles. The molecule has 2 aromatic rings. The quantitative estimate of drug-likeness (QED) is 0.841. The summed E-state index contributed by atoms with van der Waals surface area (Å²) < 4.78 is 0. The van der Waals surface area contributed by atoms with Crippen LogP contribution in [0.3, 0.4) is 0 Å². The lowest BCUT2D eigenvalue weighted by Crippen LogP contribution is -2.24. The van der Waals surface area contributed by atoms with Crippen LogP contribution in [-0.2, 0) is 6.54 Å². The molecule has 3 rings (SSSR count). The Labute approximate surface area is 131 Å². The number of carbonyl (C=O) groups is 1. The monoisotopic (exact) mass is 292 g/mol. The fourth-order valence-electron chi connectivity index (χ4n) is 2.65. The van der Waals surface area contributed by atoms with Crippen LogP contribution in [0.25, 0.3) is 0 Å². The molecule has 0 radical (unpaired) electrons. The zero-order valence-electron chi connectivity index (χ0n) is 12.8. The molecule has 0 aromatic heterocycles. The maximum Gasteiger partial charge on any atom is 0.251 e. The highest BCUT2D eigenvalue weighted by Crippen LogP contribution is 2.22. The van der Waals surface area contributed by atoms with Crippen LogP contribution in [0.5, 0.6) is 0 Å². The molecule has 0 unspecified atom stereocenters. The van der Waals surface area contributed by atoms with Gasteiger partial charge in [0.2, 0.25) is 0 Å². The highest BCUT2D eigenvalue weighted by Gasteiger charge is 2.16. The first-order valence-corrected chi connectivity index (χ1v) is 7.81. The van der Waals surface area contributed by atoms with Crippen LogP contribution < -0.4 is 5.32 Å². The van der Waals surface area contributed by atoms with Crippen molar-refractivity contribution in [3.05, 3.63) is 70.8 Å². The zero-order chi connectivity index (χ0) is 15.4. The summed E-state index contributed by atoms with van der Waals surface area (Å²) in [6.45, 7) is 3.59. The van der Waals surface area contributed by atoms with E-state index in [0.717, 1.165) is 37.2 Å². The molecular formula is C19H20N2O. The number of benzene rings is 2. The van der Waals surface area contributed by atoms with Gasteiger partial charge in [0, 0.05) is 23.2 Å². The third kappa shape index (κ3) is 2.93. The van der Waals surface area contributed by atoms with Crippen LogP contribution in [0.1, 0.15) is 46.8 Å². The molecule has 3 nitrogen and oxygen atoms in total. The lowest BCUT2D eigenvalue weighted by atomic mass is 9.99. The fraction of sp³-hybridized carbons (Fsp3) is 0.263. The molecular weight excluding hydrogens is 272 g/mol. The topological polar surface area (TPSA) is 41.5 Å². The third-order valence-electron chi connectivity index (χ3n) is 3.92. The zero-order valence-corrected chi connectivity index (χ0v) is 12.8. The van der Waals surface area contributed by atoms with Crippen LogP contribution in [-0.4, -0.2) is 18.2 Å². The standard InChI is InChI=1S/C19H20N2O/c1-2-3-12-20-19(22)15-10-8-14(9-11-15)18-17-7-5-4-6-16(17)13-21-18/h4-11H,2-3,12-13H2,1H3,(H,20,22). The molecule has 2 aromatic carbocycles. The van der Waals surface area contributed by atoms with Gasteiger partial charge in [-0.05, 0) is 24.1 Å². The Morgan fingerprint density at radius 3 is 2.68 bits per heavy atom. The smallest absolute Gasteiger partial charge is 0.251 e. The molecule has 1 N–H and O–H groups in total. The van der Waals surface area contributed by atoms with Crippen molar-refractivity contribution >= 4 is 11.6 Å². The second-order valence-corrected chi connectivity index (χ2v) is 5.51. The molecule has 0 fully saturated rings. The Bertz CT molecular complexity index is 702. The van der Waals surface area contributed by atoms with E-state index in [1.165, 1.54) is 11.1 Å². The van der Waals surface area contributed by atoms with E-state index in [9.17, 15) is 4.79 Å². The van der Waals surface area contributed by atoms with Crippen LogP contribution in [0, 0.1) is 0 Å². The Morgan fingerprint density at radius 2 is 1.91 bits per heavy atom. The number of rotatable bonds is 5. The highest BCUT2D eigenvalue weighted by molar-refractivity contribution is 6.15. The first-order chi connectivity index (χ1) is 10.8. The lowest BCUT2D eigenvalue weighted by molar-refractivity contribution is 0.0953. The van der Waals surface area contributed by atoms with Gasteiger partial charge in [0.05, 0.1) is 12.3 Å². The van der Waals surface area contributed by atoms with Gasteiger partial charge in [-0.25, -0.2) is 0 Å². The maximum atomic E-state index is 12.0. The lowest BCUT2D eigenvalue weighted by Gasteiger charge is -2.07. The van der Waals surface area contributed by atoms with Crippen molar-refractivity contribution in [1.29, 1.82) is 0 Å². The first kappa shape index (κ1) is 14.5. The van der Waals surface area contributed by atoms with Crippen molar-refractivity contribution in [2.24, 2.45) is 4.99 Å². The van der Waals surface area contributed by atoms with E-state index < -0.39 is 0 Å². The Kier molecular flexibility index (Phi) is 4.33. The number of carbonyl (C=O) groups excluding carboxylic acids is 1. The number of hydrogen-bond donors (Lipinski definition) is 1. The number of nitrogens with one attached hydrogen (secondary N) is 1. The van der Waals surface area contributed by atoms with Gasteiger partial charge >= 0.3 is 0 Å². The van der Waals surface area contributed by atoms with Gasteiger partial charge in [0.25, 0.3) is 5.91 Å². The summed E-state index contributed by atoms with van der Waals surface area (Å²) in [5.74, 6) is -0.00578.